The van der Waals surface area contributed by atoms with Crippen molar-refractivity contribution in [2.45, 2.75) is 58.0 Å². The third-order valence-corrected chi connectivity index (χ3v) is 4.65. The highest BCUT2D eigenvalue weighted by molar-refractivity contribution is 5.83. The van der Waals surface area contributed by atoms with Gasteiger partial charge in [0, 0.05) is 6.42 Å². The van der Waals surface area contributed by atoms with E-state index in [4.69, 9.17) is 9.26 Å². The van der Waals surface area contributed by atoms with Crippen molar-refractivity contribution in [3.8, 4) is 0 Å². The van der Waals surface area contributed by atoms with E-state index < -0.39 is 5.41 Å². The summed E-state index contributed by atoms with van der Waals surface area (Å²) in [7, 11) is 0. The Labute approximate surface area is 146 Å². The van der Waals surface area contributed by atoms with Gasteiger partial charge in [-0.25, -0.2) is 4.39 Å². The molecule has 0 bridgehead atoms. The maximum Gasteiger partial charge on any atom is 0.317 e. The maximum atomic E-state index is 13.6. The Balaban J connectivity index is 1.71. The second-order valence-corrected chi connectivity index (χ2v) is 7.08. The first kappa shape index (κ1) is 17.6. The van der Waals surface area contributed by atoms with Crippen LogP contribution in [0, 0.1) is 11.7 Å². The van der Waals surface area contributed by atoms with Gasteiger partial charge in [0.2, 0.25) is 0 Å². The molecule has 5 nitrogen and oxygen atoms in total. The second-order valence-electron chi connectivity index (χ2n) is 7.08. The molecule has 0 aliphatic heterocycles. The van der Waals surface area contributed by atoms with Gasteiger partial charge in [0.15, 0.2) is 12.4 Å². The number of nitrogens with zero attached hydrogens (tertiary/aromatic N) is 2. The fourth-order valence-electron chi connectivity index (χ4n) is 3.44. The average molecular weight is 346 g/mol. The molecule has 6 heteroatoms. The molecule has 0 atom stereocenters. The summed E-state index contributed by atoms with van der Waals surface area (Å²) >= 11 is 0. The molecule has 0 N–H and O–H groups in total. The molecule has 0 radical (unpaired) electrons. The Kier molecular flexibility index (Phi) is 5.16. The van der Waals surface area contributed by atoms with Gasteiger partial charge >= 0.3 is 5.97 Å². The minimum atomic E-state index is -0.775. The molecule has 0 amide bonds. The first-order valence-electron chi connectivity index (χ1n) is 8.74. The molecule has 1 saturated carbocycles. The number of benzene rings is 1. The zero-order valence-electron chi connectivity index (χ0n) is 14.6. The zero-order valence-corrected chi connectivity index (χ0v) is 14.6. The monoisotopic (exact) mass is 346 g/mol. The lowest BCUT2D eigenvalue weighted by atomic mass is 9.79. The van der Waals surface area contributed by atoms with Crippen molar-refractivity contribution < 1.29 is 18.4 Å². The van der Waals surface area contributed by atoms with Gasteiger partial charge in [-0.2, -0.15) is 4.98 Å². The Morgan fingerprint density at radius 1 is 1.36 bits per heavy atom. The number of esters is 1. The summed E-state index contributed by atoms with van der Waals surface area (Å²) in [4.78, 5) is 17.0. The van der Waals surface area contributed by atoms with Gasteiger partial charge in [0.05, 0.1) is 5.41 Å². The molecule has 0 unspecified atom stereocenters. The predicted molar refractivity (Wildman–Crippen MR) is 89.2 cm³/mol. The van der Waals surface area contributed by atoms with Gasteiger partial charge in [-0.15, -0.1) is 0 Å². The second kappa shape index (κ2) is 7.33. The molecule has 1 aromatic heterocycles. The predicted octanol–water partition coefficient (Wildman–Crippen LogP) is 3.96. The molecule has 25 heavy (non-hydrogen) atoms. The Hall–Kier alpha value is -2.24. The summed E-state index contributed by atoms with van der Waals surface area (Å²) in [6.07, 6.45) is 3.88. The van der Waals surface area contributed by atoms with Crippen LogP contribution in [0.3, 0.4) is 0 Å². The van der Waals surface area contributed by atoms with Gasteiger partial charge in [-0.05, 0) is 36.5 Å². The quantitative estimate of drug-likeness (QED) is 0.741. The van der Waals surface area contributed by atoms with Crippen LogP contribution in [0.1, 0.15) is 56.8 Å². The fraction of sp³-hybridized carbons (Fsp3) is 0.526. The SMILES string of the molecule is CC(C)Cc1noc(COC(=O)C2(c3cccc(F)c3)CCCC2)n1. The minimum absolute atomic E-state index is 0.0546. The van der Waals surface area contributed by atoms with Crippen LogP contribution in [-0.2, 0) is 28.0 Å². The van der Waals surface area contributed by atoms with Gasteiger partial charge in [0.1, 0.15) is 5.82 Å². The topological polar surface area (TPSA) is 65.2 Å². The van der Waals surface area contributed by atoms with Crippen LogP contribution >= 0.6 is 0 Å². The highest BCUT2D eigenvalue weighted by atomic mass is 19.1. The summed E-state index contributed by atoms with van der Waals surface area (Å²) in [6.45, 7) is 4.08. The molecule has 1 aliphatic rings. The Morgan fingerprint density at radius 3 is 2.80 bits per heavy atom. The van der Waals surface area contributed by atoms with Crippen LogP contribution in [0.5, 0.6) is 0 Å². The average Bonchev–Trinajstić information content (AvgIpc) is 3.22. The van der Waals surface area contributed by atoms with Crippen LogP contribution in [0.15, 0.2) is 28.8 Å². The molecule has 2 aromatic rings. The Bertz CT molecular complexity index is 736. The summed E-state index contributed by atoms with van der Waals surface area (Å²) < 4.78 is 24.2. The lowest BCUT2D eigenvalue weighted by Crippen LogP contribution is -2.34. The third-order valence-electron chi connectivity index (χ3n) is 4.65. The third kappa shape index (κ3) is 3.89. The number of carbonyl (C=O) groups excluding carboxylic acids is 1. The van der Waals surface area contributed by atoms with Crippen LogP contribution in [0.2, 0.25) is 0 Å². The van der Waals surface area contributed by atoms with E-state index in [0.717, 1.165) is 12.8 Å². The van der Waals surface area contributed by atoms with E-state index in [1.807, 2.05) is 0 Å². The van der Waals surface area contributed by atoms with E-state index in [9.17, 15) is 9.18 Å². The van der Waals surface area contributed by atoms with E-state index in [0.29, 0.717) is 36.6 Å². The number of hydrogen-bond acceptors (Lipinski definition) is 5. The van der Waals surface area contributed by atoms with Crippen molar-refractivity contribution in [2.24, 2.45) is 5.92 Å². The summed E-state index contributed by atoms with van der Waals surface area (Å²) in [6, 6.07) is 6.24. The molecule has 1 heterocycles. The number of carbonyl (C=O) groups is 1. The van der Waals surface area contributed by atoms with Crippen molar-refractivity contribution in [3.05, 3.63) is 47.4 Å². The summed E-state index contributed by atoms with van der Waals surface area (Å²) in [5.74, 6) is 0.631. The zero-order chi connectivity index (χ0) is 17.9. The number of halogens is 1. The highest BCUT2D eigenvalue weighted by Crippen LogP contribution is 2.42. The number of rotatable bonds is 6. The molecule has 3 rings (SSSR count). The largest absolute Gasteiger partial charge is 0.455 e. The fourth-order valence-corrected chi connectivity index (χ4v) is 3.44. The lowest BCUT2D eigenvalue weighted by Gasteiger charge is -2.26. The molecule has 1 aromatic carbocycles. The summed E-state index contributed by atoms with van der Waals surface area (Å²) in [5.41, 5.74) is -0.0934. The van der Waals surface area contributed by atoms with E-state index in [1.54, 1.807) is 12.1 Å². The van der Waals surface area contributed by atoms with E-state index in [-0.39, 0.29) is 24.3 Å². The molecule has 1 aliphatic carbocycles. The van der Waals surface area contributed by atoms with Crippen LogP contribution in [-0.4, -0.2) is 16.1 Å². The number of hydrogen-bond donors (Lipinski definition) is 0. The van der Waals surface area contributed by atoms with Crippen LogP contribution in [0.4, 0.5) is 4.39 Å². The smallest absolute Gasteiger partial charge is 0.317 e. The van der Waals surface area contributed by atoms with Crippen LogP contribution in [0.25, 0.3) is 0 Å². The molecule has 134 valence electrons. The van der Waals surface area contributed by atoms with Crippen molar-refractivity contribution in [1.29, 1.82) is 0 Å². The minimum Gasteiger partial charge on any atom is -0.455 e. The van der Waals surface area contributed by atoms with Crippen molar-refractivity contribution in [2.75, 3.05) is 0 Å². The maximum absolute atomic E-state index is 13.6. The molecular weight excluding hydrogens is 323 g/mol. The van der Waals surface area contributed by atoms with Crippen LogP contribution < -0.4 is 0 Å². The normalized spacial score (nSPS) is 16.3. The van der Waals surface area contributed by atoms with Gasteiger partial charge < -0.3 is 9.26 Å². The van der Waals surface area contributed by atoms with Crippen molar-refractivity contribution in [1.82, 2.24) is 10.1 Å². The molecule has 0 saturated heterocycles. The van der Waals surface area contributed by atoms with E-state index >= 15 is 0 Å². The van der Waals surface area contributed by atoms with Crippen molar-refractivity contribution >= 4 is 5.97 Å². The first-order valence-corrected chi connectivity index (χ1v) is 8.74. The van der Waals surface area contributed by atoms with Gasteiger partial charge in [0.25, 0.3) is 5.89 Å². The molecule has 1 fully saturated rings. The van der Waals surface area contributed by atoms with Gasteiger partial charge in [-0.1, -0.05) is 44.0 Å². The molecule has 0 spiro atoms. The highest BCUT2D eigenvalue weighted by Gasteiger charge is 2.44. The number of aromatic nitrogens is 2. The first-order chi connectivity index (χ1) is 12.0. The summed E-state index contributed by atoms with van der Waals surface area (Å²) in [5, 5.41) is 3.89. The van der Waals surface area contributed by atoms with E-state index in [1.165, 1.54) is 12.1 Å². The Morgan fingerprint density at radius 2 is 2.12 bits per heavy atom. The van der Waals surface area contributed by atoms with Gasteiger partial charge in [-0.3, -0.25) is 4.79 Å². The number of ether oxygens (including phenoxy) is 1. The standard InChI is InChI=1S/C19H23FN2O3/c1-13(2)10-16-21-17(25-22-16)12-24-18(23)19(8-3-4-9-19)14-6-5-7-15(20)11-14/h5-7,11,13H,3-4,8-10,12H2,1-2H3. The van der Waals surface area contributed by atoms with E-state index in [2.05, 4.69) is 24.0 Å². The van der Waals surface area contributed by atoms with Crippen molar-refractivity contribution in [3.63, 3.8) is 0 Å². The lowest BCUT2D eigenvalue weighted by molar-refractivity contribution is -0.152. The molecular formula is C19H23FN2O3.